The van der Waals surface area contributed by atoms with Gasteiger partial charge in [-0.05, 0) is 12.1 Å². The Kier molecular flexibility index (Phi) is 4.50. The Hall–Kier alpha value is -3.40. The van der Waals surface area contributed by atoms with Gasteiger partial charge in [-0.3, -0.25) is 0 Å². The molecule has 10 heteroatoms. The van der Waals surface area contributed by atoms with Gasteiger partial charge in [0, 0.05) is 17.4 Å². The number of carbonyl (C=O) groups excluding carboxylic acids is 1. The minimum absolute atomic E-state index is 0.0327. The van der Waals surface area contributed by atoms with Crippen molar-refractivity contribution in [2.75, 3.05) is 11.2 Å². The van der Waals surface area contributed by atoms with Gasteiger partial charge in [-0.25, -0.2) is 31.9 Å². The highest BCUT2D eigenvalue weighted by molar-refractivity contribution is 7.90. The molecule has 0 saturated heterocycles. The van der Waals surface area contributed by atoms with Crippen molar-refractivity contribution >= 4 is 27.4 Å². The van der Waals surface area contributed by atoms with Crippen LogP contribution in [0.3, 0.4) is 0 Å². The summed E-state index contributed by atoms with van der Waals surface area (Å²) in [6.45, 7) is -0.0327. The molecule has 0 unspecified atom stereocenters. The number of urea groups is 1. The second-order valence-corrected chi connectivity index (χ2v) is 8.27. The van der Waals surface area contributed by atoms with E-state index in [1.165, 1.54) is 0 Å². The number of benzene rings is 2. The molecule has 0 fully saturated rings. The van der Waals surface area contributed by atoms with Crippen molar-refractivity contribution in [3.05, 3.63) is 65.7 Å². The molecule has 4 rings (SSSR count). The molecular formula is C19H14F2N4O3S. The van der Waals surface area contributed by atoms with Crippen LogP contribution in [0, 0.1) is 11.6 Å². The Balaban J connectivity index is 2.06. The van der Waals surface area contributed by atoms with Crippen molar-refractivity contribution < 1.29 is 22.0 Å². The van der Waals surface area contributed by atoms with E-state index >= 15 is 0 Å². The maximum absolute atomic E-state index is 14.4. The summed E-state index contributed by atoms with van der Waals surface area (Å²) >= 11 is 0. The molecule has 1 aliphatic rings. The van der Waals surface area contributed by atoms with Crippen LogP contribution in [0.2, 0.25) is 0 Å². The molecule has 1 aromatic heterocycles. The summed E-state index contributed by atoms with van der Waals surface area (Å²) < 4.78 is 53.2. The van der Waals surface area contributed by atoms with Crippen molar-refractivity contribution in [2.24, 2.45) is 0 Å². The summed E-state index contributed by atoms with van der Waals surface area (Å²) in [6.07, 6.45) is 0.917. The van der Waals surface area contributed by atoms with E-state index in [-0.39, 0.29) is 18.1 Å². The Morgan fingerprint density at radius 2 is 1.66 bits per heavy atom. The fourth-order valence-electron chi connectivity index (χ4n) is 3.05. The van der Waals surface area contributed by atoms with Gasteiger partial charge >= 0.3 is 6.03 Å². The average Bonchev–Trinajstić information content (AvgIpc) is 2.68. The molecule has 1 N–H and O–H groups in total. The highest BCUT2D eigenvalue weighted by Crippen LogP contribution is 2.38. The minimum atomic E-state index is -3.88. The maximum atomic E-state index is 14.4. The minimum Gasteiger partial charge on any atom is -0.333 e. The van der Waals surface area contributed by atoms with E-state index in [4.69, 9.17) is 0 Å². The first kappa shape index (κ1) is 18.9. The molecule has 2 aromatic carbocycles. The fourth-order valence-corrected chi connectivity index (χ4v) is 3.56. The van der Waals surface area contributed by atoms with Gasteiger partial charge < -0.3 is 5.32 Å². The Morgan fingerprint density at radius 1 is 1.00 bits per heavy atom. The fraction of sp³-hybridized carbons (Fsp3) is 0.105. The number of para-hydroxylation sites is 1. The number of carbonyl (C=O) groups is 1. The number of halogens is 2. The summed E-state index contributed by atoms with van der Waals surface area (Å²) in [4.78, 5) is 21.4. The number of hydrogen-bond acceptors (Lipinski definition) is 5. The number of amides is 2. The van der Waals surface area contributed by atoms with E-state index in [9.17, 15) is 22.0 Å². The van der Waals surface area contributed by atoms with Crippen LogP contribution in [0.1, 0.15) is 5.56 Å². The first-order chi connectivity index (χ1) is 13.8. The first-order valence-corrected chi connectivity index (χ1v) is 10.3. The van der Waals surface area contributed by atoms with Crippen molar-refractivity contribution in [3.8, 4) is 11.3 Å². The quantitative estimate of drug-likeness (QED) is 0.662. The molecule has 2 heterocycles. The van der Waals surface area contributed by atoms with E-state index in [2.05, 4.69) is 15.3 Å². The molecule has 29 heavy (non-hydrogen) atoms. The van der Waals surface area contributed by atoms with Crippen LogP contribution in [-0.4, -0.2) is 30.7 Å². The average molecular weight is 416 g/mol. The normalized spacial score (nSPS) is 13.8. The van der Waals surface area contributed by atoms with Crippen LogP contribution in [0.25, 0.3) is 11.3 Å². The lowest BCUT2D eigenvalue weighted by atomic mass is 10.0. The Labute approximate surface area is 165 Å². The molecular weight excluding hydrogens is 402 g/mol. The number of nitrogens with zero attached hydrogens (tertiary/aromatic N) is 3. The van der Waals surface area contributed by atoms with Crippen LogP contribution >= 0.6 is 0 Å². The van der Waals surface area contributed by atoms with E-state index in [1.54, 1.807) is 30.3 Å². The highest BCUT2D eigenvalue weighted by Gasteiger charge is 2.34. The van der Waals surface area contributed by atoms with E-state index < -0.39 is 38.3 Å². The molecule has 0 saturated carbocycles. The van der Waals surface area contributed by atoms with Crippen molar-refractivity contribution in [2.45, 2.75) is 11.7 Å². The maximum Gasteiger partial charge on any atom is 0.328 e. The third-order valence-electron chi connectivity index (χ3n) is 4.34. The van der Waals surface area contributed by atoms with Crippen LogP contribution in [0.4, 0.5) is 25.1 Å². The molecule has 0 bridgehead atoms. The summed E-state index contributed by atoms with van der Waals surface area (Å²) in [7, 11) is -3.88. The molecule has 7 nitrogen and oxygen atoms in total. The molecule has 1 aliphatic heterocycles. The number of anilines is 2. The lowest BCUT2D eigenvalue weighted by Gasteiger charge is -2.30. The van der Waals surface area contributed by atoms with Gasteiger partial charge in [-0.2, -0.15) is 4.98 Å². The molecule has 0 aliphatic carbocycles. The summed E-state index contributed by atoms with van der Waals surface area (Å²) in [5, 5.41) is 1.98. The van der Waals surface area contributed by atoms with Crippen LogP contribution in [-0.2, 0) is 16.4 Å². The number of rotatable bonds is 3. The van der Waals surface area contributed by atoms with Gasteiger partial charge in [-0.15, -0.1) is 0 Å². The van der Waals surface area contributed by atoms with E-state index in [0.29, 0.717) is 16.0 Å². The Bertz CT molecular complexity index is 1210. The third kappa shape index (κ3) is 3.31. The SMILES string of the molecule is CS(=O)(=O)c1nc(-c2ccccc2)c2c(n1)N(c1c(F)cccc1F)C(=O)NC2. The largest absolute Gasteiger partial charge is 0.333 e. The monoisotopic (exact) mass is 416 g/mol. The van der Waals surface area contributed by atoms with Gasteiger partial charge in [0.2, 0.25) is 15.0 Å². The van der Waals surface area contributed by atoms with Gasteiger partial charge in [0.05, 0.1) is 12.2 Å². The molecule has 3 aromatic rings. The van der Waals surface area contributed by atoms with Crippen molar-refractivity contribution in [1.29, 1.82) is 0 Å². The summed E-state index contributed by atoms with van der Waals surface area (Å²) in [5.74, 6) is -2.17. The number of sulfone groups is 1. The van der Waals surface area contributed by atoms with Gasteiger partial charge in [0.25, 0.3) is 0 Å². The van der Waals surface area contributed by atoms with E-state index in [1.807, 2.05) is 0 Å². The lowest BCUT2D eigenvalue weighted by Crippen LogP contribution is -2.43. The van der Waals surface area contributed by atoms with Crippen LogP contribution < -0.4 is 10.2 Å². The van der Waals surface area contributed by atoms with Crippen molar-refractivity contribution in [3.63, 3.8) is 0 Å². The molecule has 0 radical (unpaired) electrons. The second kappa shape index (κ2) is 6.89. The number of aromatic nitrogens is 2. The molecule has 0 spiro atoms. The number of nitrogens with one attached hydrogen (secondary N) is 1. The number of hydrogen-bond donors (Lipinski definition) is 1. The van der Waals surface area contributed by atoms with E-state index in [0.717, 1.165) is 24.5 Å². The summed E-state index contributed by atoms with van der Waals surface area (Å²) in [6, 6.07) is 11.0. The molecule has 148 valence electrons. The van der Waals surface area contributed by atoms with Crippen LogP contribution in [0.5, 0.6) is 0 Å². The topological polar surface area (TPSA) is 92.3 Å². The molecule has 2 amide bonds. The lowest BCUT2D eigenvalue weighted by molar-refractivity contribution is 0.246. The standard InChI is InChI=1S/C19H14F2N4O3S/c1-29(27,28)18-23-15(11-6-3-2-4-7-11)12-10-22-19(26)25(17(12)24-18)16-13(20)8-5-9-14(16)21/h2-9H,10H2,1H3,(H,22,26). The van der Waals surface area contributed by atoms with Gasteiger partial charge in [0.1, 0.15) is 17.3 Å². The molecule has 0 atom stereocenters. The Morgan fingerprint density at radius 3 is 2.28 bits per heavy atom. The zero-order valence-corrected chi connectivity index (χ0v) is 15.9. The summed E-state index contributed by atoms with van der Waals surface area (Å²) in [5.41, 5.74) is 0.507. The number of fused-ring (bicyclic) bond motifs is 1. The van der Waals surface area contributed by atoms with Gasteiger partial charge in [-0.1, -0.05) is 36.4 Å². The third-order valence-corrected chi connectivity index (χ3v) is 5.18. The zero-order chi connectivity index (χ0) is 20.8. The first-order valence-electron chi connectivity index (χ1n) is 8.45. The van der Waals surface area contributed by atoms with Crippen LogP contribution in [0.15, 0.2) is 53.7 Å². The van der Waals surface area contributed by atoms with Gasteiger partial charge in [0.15, 0.2) is 5.82 Å². The second-order valence-electron chi connectivity index (χ2n) is 6.36. The van der Waals surface area contributed by atoms with Crippen molar-refractivity contribution in [1.82, 2.24) is 15.3 Å². The smallest absolute Gasteiger partial charge is 0.328 e. The predicted molar refractivity (Wildman–Crippen MR) is 101 cm³/mol. The zero-order valence-electron chi connectivity index (χ0n) is 15.1. The highest BCUT2D eigenvalue weighted by atomic mass is 32.2. The predicted octanol–water partition coefficient (Wildman–Crippen LogP) is 3.19.